The van der Waals surface area contributed by atoms with E-state index in [0.717, 1.165) is 6.42 Å². The molecule has 0 heterocycles. The van der Waals surface area contributed by atoms with Crippen molar-refractivity contribution in [3.05, 3.63) is 23.3 Å². The topological polar surface area (TPSA) is 26.3 Å². The molecule has 0 aromatic carbocycles. The lowest BCUT2D eigenvalue weighted by atomic mass is 9.61. The van der Waals surface area contributed by atoms with Crippen LogP contribution in [0.5, 0.6) is 0 Å². The summed E-state index contributed by atoms with van der Waals surface area (Å²) < 4.78 is 5.67. The first kappa shape index (κ1) is 14.8. The molecule has 3 heteroatoms. The SMILES string of the molecule is COC1CC(C(=O)Cl)CC2=C1C(C)(C)C=CC2(C)C. The van der Waals surface area contributed by atoms with Crippen molar-refractivity contribution in [1.82, 2.24) is 0 Å². The molecule has 19 heavy (non-hydrogen) atoms. The average molecular weight is 283 g/mol. The first-order valence-corrected chi connectivity index (χ1v) is 7.23. The second-order valence-electron chi connectivity index (χ2n) is 6.83. The van der Waals surface area contributed by atoms with Gasteiger partial charge in [0.05, 0.1) is 6.10 Å². The molecule has 0 radical (unpaired) electrons. The molecular formula is C16H23ClO2. The Hall–Kier alpha value is -0.600. The maximum Gasteiger partial charge on any atom is 0.225 e. The van der Waals surface area contributed by atoms with E-state index < -0.39 is 0 Å². The van der Waals surface area contributed by atoms with Crippen LogP contribution in [-0.2, 0) is 9.53 Å². The Bertz CT molecular complexity index is 457. The highest BCUT2D eigenvalue weighted by atomic mass is 35.5. The number of carbonyl (C=O) groups is 1. The summed E-state index contributed by atoms with van der Waals surface area (Å²) in [5, 5.41) is -0.239. The van der Waals surface area contributed by atoms with Gasteiger partial charge in [-0.1, -0.05) is 45.4 Å². The summed E-state index contributed by atoms with van der Waals surface area (Å²) in [5.74, 6) is -0.119. The van der Waals surface area contributed by atoms with Crippen molar-refractivity contribution in [2.75, 3.05) is 7.11 Å². The molecule has 0 amide bonds. The first-order valence-electron chi connectivity index (χ1n) is 6.85. The third-order valence-electron chi connectivity index (χ3n) is 4.59. The fourth-order valence-corrected chi connectivity index (χ4v) is 3.58. The van der Waals surface area contributed by atoms with Gasteiger partial charge < -0.3 is 4.74 Å². The maximum absolute atomic E-state index is 11.6. The molecule has 2 unspecified atom stereocenters. The van der Waals surface area contributed by atoms with Crippen molar-refractivity contribution in [2.45, 2.75) is 46.6 Å². The predicted molar refractivity (Wildman–Crippen MR) is 78.1 cm³/mol. The number of hydrogen-bond donors (Lipinski definition) is 0. The quantitative estimate of drug-likeness (QED) is 0.563. The summed E-state index contributed by atoms with van der Waals surface area (Å²) in [4.78, 5) is 11.6. The highest BCUT2D eigenvalue weighted by Gasteiger charge is 2.44. The van der Waals surface area contributed by atoms with Crippen LogP contribution in [0.2, 0.25) is 0 Å². The molecular weight excluding hydrogens is 260 g/mol. The van der Waals surface area contributed by atoms with Crippen molar-refractivity contribution in [3.63, 3.8) is 0 Å². The smallest absolute Gasteiger partial charge is 0.225 e. The largest absolute Gasteiger partial charge is 0.377 e. The van der Waals surface area contributed by atoms with Crippen LogP contribution in [0.3, 0.4) is 0 Å². The molecule has 2 aliphatic carbocycles. The van der Waals surface area contributed by atoms with Crippen molar-refractivity contribution >= 4 is 16.8 Å². The summed E-state index contributed by atoms with van der Waals surface area (Å²) in [6, 6.07) is 0. The second-order valence-corrected chi connectivity index (χ2v) is 7.21. The van der Waals surface area contributed by atoms with E-state index in [-0.39, 0.29) is 28.1 Å². The van der Waals surface area contributed by atoms with E-state index in [2.05, 4.69) is 39.8 Å². The molecule has 106 valence electrons. The fourth-order valence-electron chi connectivity index (χ4n) is 3.42. The van der Waals surface area contributed by atoms with Gasteiger partial charge in [-0.15, -0.1) is 0 Å². The lowest BCUT2D eigenvalue weighted by Crippen LogP contribution is -2.39. The number of allylic oxidation sites excluding steroid dienone is 3. The number of halogens is 1. The Morgan fingerprint density at radius 3 is 2.37 bits per heavy atom. The van der Waals surface area contributed by atoms with E-state index in [0.29, 0.717) is 6.42 Å². The van der Waals surface area contributed by atoms with Gasteiger partial charge in [0.25, 0.3) is 0 Å². The monoisotopic (exact) mass is 282 g/mol. The van der Waals surface area contributed by atoms with Gasteiger partial charge in [0.2, 0.25) is 5.24 Å². The zero-order valence-corrected chi connectivity index (χ0v) is 13.2. The highest BCUT2D eigenvalue weighted by Crippen LogP contribution is 2.51. The average Bonchev–Trinajstić information content (AvgIpc) is 2.33. The Balaban J connectivity index is 2.53. The van der Waals surface area contributed by atoms with E-state index in [1.54, 1.807) is 7.11 Å². The predicted octanol–water partition coefficient (Wildman–Crippen LogP) is 4.10. The number of methoxy groups -OCH3 is 1. The van der Waals surface area contributed by atoms with Crippen molar-refractivity contribution < 1.29 is 9.53 Å². The van der Waals surface area contributed by atoms with Gasteiger partial charge in [-0.05, 0) is 30.0 Å². The molecule has 2 rings (SSSR count). The van der Waals surface area contributed by atoms with E-state index in [1.165, 1.54) is 11.1 Å². The van der Waals surface area contributed by atoms with Gasteiger partial charge in [-0.2, -0.15) is 0 Å². The molecule has 0 aromatic rings. The van der Waals surface area contributed by atoms with Crippen molar-refractivity contribution in [2.24, 2.45) is 16.7 Å². The van der Waals surface area contributed by atoms with E-state index in [9.17, 15) is 4.79 Å². The molecule has 2 atom stereocenters. The van der Waals surface area contributed by atoms with Crippen LogP contribution in [0.25, 0.3) is 0 Å². The zero-order valence-electron chi connectivity index (χ0n) is 12.4. The van der Waals surface area contributed by atoms with E-state index in [4.69, 9.17) is 16.3 Å². The Morgan fingerprint density at radius 2 is 1.84 bits per heavy atom. The summed E-state index contributed by atoms with van der Waals surface area (Å²) in [5.41, 5.74) is 2.65. The van der Waals surface area contributed by atoms with Gasteiger partial charge in [0, 0.05) is 23.9 Å². The molecule has 0 fully saturated rings. The molecule has 2 nitrogen and oxygen atoms in total. The summed E-state index contributed by atoms with van der Waals surface area (Å²) in [7, 11) is 1.72. The van der Waals surface area contributed by atoms with Crippen molar-refractivity contribution in [1.29, 1.82) is 0 Å². The summed E-state index contributed by atoms with van der Waals surface area (Å²) in [6.07, 6.45) is 5.97. The molecule has 0 saturated heterocycles. The van der Waals surface area contributed by atoms with E-state index in [1.807, 2.05) is 0 Å². The minimum atomic E-state index is -0.239. The van der Waals surface area contributed by atoms with Crippen LogP contribution >= 0.6 is 11.6 Å². The zero-order chi connectivity index (χ0) is 14.4. The summed E-state index contributed by atoms with van der Waals surface area (Å²) >= 11 is 5.74. The first-order chi connectivity index (χ1) is 8.69. The Kier molecular flexibility index (Phi) is 3.70. The van der Waals surface area contributed by atoms with Crippen LogP contribution in [0.4, 0.5) is 0 Å². The standard InChI is InChI=1S/C16H23ClO2/c1-15(2)6-7-16(3,4)13-11(15)8-10(14(17)18)9-12(13)19-5/h6-7,10,12H,8-9H2,1-5H3. The third-order valence-corrected chi connectivity index (χ3v) is 4.90. The van der Waals surface area contributed by atoms with Crippen LogP contribution in [0.1, 0.15) is 40.5 Å². The molecule has 0 spiro atoms. The molecule has 2 aliphatic rings. The van der Waals surface area contributed by atoms with Crippen LogP contribution in [0, 0.1) is 16.7 Å². The number of rotatable bonds is 2. The Labute approximate surface area is 120 Å². The van der Waals surface area contributed by atoms with Crippen molar-refractivity contribution in [3.8, 4) is 0 Å². The summed E-state index contributed by atoms with van der Waals surface area (Å²) in [6.45, 7) is 8.82. The lowest BCUT2D eigenvalue weighted by Gasteiger charge is -2.46. The molecule has 0 aliphatic heterocycles. The van der Waals surface area contributed by atoms with Crippen LogP contribution < -0.4 is 0 Å². The molecule has 0 aromatic heterocycles. The maximum atomic E-state index is 11.6. The third kappa shape index (κ3) is 2.53. The second kappa shape index (κ2) is 4.75. The van der Waals surface area contributed by atoms with Gasteiger partial charge in [0.15, 0.2) is 0 Å². The highest BCUT2D eigenvalue weighted by molar-refractivity contribution is 6.64. The number of hydrogen-bond acceptors (Lipinski definition) is 2. The van der Waals surface area contributed by atoms with Gasteiger partial charge in [-0.25, -0.2) is 0 Å². The number of carbonyl (C=O) groups excluding carboxylic acids is 1. The molecule has 0 saturated carbocycles. The van der Waals surface area contributed by atoms with Gasteiger partial charge in [0.1, 0.15) is 0 Å². The Morgan fingerprint density at radius 1 is 1.26 bits per heavy atom. The minimum absolute atomic E-state index is 0.00400. The van der Waals surface area contributed by atoms with Crippen LogP contribution in [-0.4, -0.2) is 18.5 Å². The molecule has 0 N–H and O–H groups in total. The lowest BCUT2D eigenvalue weighted by molar-refractivity contribution is -0.116. The molecule has 0 bridgehead atoms. The van der Waals surface area contributed by atoms with E-state index >= 15 is 0 Å². The van der Waals surface area contributed by atoms with Gasteiger partial charge >= 0.3 is 0 Å². The normalized spacial score (nSPS) is 32.1. The number of ether oxygens (including phenoxy) is 1. The fraction of sp³-hybridized carbons (Fsp3) is 0.688. The van der Waals surface area contributed by atoms with Crippen LogP contribution in [0.15, 0.2) is 23.3 Å². The minimum Gasteiger partial charge on any atom is -0.377 e. The van der Waals surface area contributed by atoms with Gasteiger partial charge in [-0.3, -0.25) is 4.79 Å².